The molecule has 0 amide bonds. The summed E-state index contributed by atoms with van der Waals surface area (Å²) in [6, 6.07) is 1.30. The van der Waals surface area contributed by atoms with Gasteiger partial charge in [0.05, 0.1) is 18.4 Å². The Hall–Kier alpha value is -0.970. The van der Waals surface area contributed by atoms with Crippen molar-refractivity contribution in [2.75, 3.05) is 0 Å². The Morgan fingerprint density at radius 2 is 2.06 bits per heavy atom. The minimum absolute atomic E-state index is 0.243. The zero-order valence-corrected chi connectivity index (χ0v) is 9.46. The Bertz CT molecular complexity index is 334. The van der Waals surface area contributed by atoms with Crippen molar-refractivity contribution in [3.05, 3.63) is 24.2 Å². The fourth-order valence-electron chi connectivity index (χ4n) is 2.41. The van der Waals surface area contributed by atoms with Gasteiger partial charge < -0.3 is 9.73 Å². The molecular formula is C12H16F3NO. The summed E-state index contributed by atoms with van der Waals surface area (Å²) >= 11 is 0. The molecule has 1 fully saturated rings. The zero-order valence-electron chi connectivity index (χ0n) is 9.46. The minimum atomic E-state index is -4.09. The van der Waals surface area contributed by atoms with Gasteiger partial charge in [-0.3, -0.25) is 0 Å². The van der Waals surface area contributed by atoms with Gasteiger partial charge >= 0.3 is 6.18 Å². The maximum Gasteiger partial charge on any atom is 0.393 e. The van der Waals surface area contributed by atoms with Gasteiger partial charge in [-0.25, -0.2) is 0 Å². The van der Waals surface area contributed by atoms with Crippen LogP contribution in [0, 0.1) is 5.92 Å². The SMILES string of the molecule is FC(F)(F)C1CCCCC1NCc1ccoc1. The van der Waals surface area contributed by atoms with Gasteiger partial charge in [0.1, 0.15) is 0 Å². The monoisotopic (exact) mass is 247 g/mol. The van der Waals surface area contributed by atoms with Crippen LogP contribution < -0.4 is 5.32 Å². The van der Waals surface area contributed by atoms with E-state index in [-0.39, 0.29) is 6.42 Å². The highest BCUT2D eigenvalue weighted by atomic mass is 19.4. The third kappa shape index (κ3) is 3.25. The average Bonchev–Trinajstić information content (AvgIpc) is 2.78. The summed E-state index contributed by atoms with van der Waals surface area (Å²) in [4.78, 5) is 0. The average molecular weight is 247 g/mol. The molecule has 1 aromatic rings. The van der Waals surface area contributed by atoms with E-state index in [2.05, 4.69) is 5.32 Å². The molecule has 1 aliphatic rings. The third-order valence-corrected chi connectivity index (χ3v) is 3.33. The second kappa shape index (κ2) is 5.12. The van der Waals surface area contributed by atoms with Gasteiger partial charge in [-0.2, -0.15) is 13.2 Å². The van der Waals surface area contributed by atoms with Crippen LogP contribution in [0.15, 0.2) is 23.0 Å². The molecule has 0 aliphatic heterocycles. The number of alkyl halides is 3. The highest BCUT2D eigenvalue weighted by Crippen LogP contribution is 2.37. The molecule has 2 unspecified atom stereocenters. The molecule has 1 aliphatic carbocycles. The van der Waals surface area contributed by atoms with Gasteiger partial charge in [-0.15, -0.1) is 0 Å². The van der Waals surface area contributed by atoms with Crippen LogP contribution in [-0.4, -0.2) is 12.2 Å². The first-order chi connectivity index (χ1) is 8.07. The lowest BCUT2D eigenvalue weighted by atomic mass is 9.84. The largest absolute Gasteiger partial charge is 0.472 e. The lowest BCUT2D eigenvalue weighted by molar-refractivity contribution is -0.189. The first-order valence-electron chi connectivity index (χ1n) is 5.88. The van der Waals surface area contributed by atoms with Gasteiger partial charge in [-0.1, -0.05) is 12.8 Å². The van der Waals surface area contributed by atoms with Crippen LogP contribution in [-0.2, 0) is 6.54 Å². The standard InChI is InChI=1S/C12H16F3NO/c13-12(14,15)10-3-1-2-4-11(10)16-7-9-5-6-17-8-9/h5-6,8,10-11,16H,1-4,7H2. The van der Waals surface area contributed by atoms with Crippen molar-refractivity contribution >= 4 is 0 Å². The van der Waals surface area contributed by atoms with Crippen molar-refractivity contribution in [1.82, 2.24) is 5.32 Å². The lowest BCUT2D eigenvalue weighted by Crippen LogP contribution is -2.45. The highest BCUT2D eigenvalue weighted by Gasteiger charge is 2.45. The van der Waals surface area contributed by atoms with Crippen molar-refractivity contribution < 1.29 is 17.6 Å². The molecule has 17 heavy (non-hydrogen) atoms. The molecule has 1 heterocycles. The summed E-state index contributed by atoms with van der Waals surface area (Å²) in [6.07, 6.45) is 1.38. The van der Waals surface area contributed by atoms with E-state index < -0.39 is 18.1 Å². The number of hydrogen-bond acceptors (Lipinski definition) is 2. The summed E-state index contributed by atoms with van der Waals surface area (Å²) in [5, 5.41) is 3.00. The summed E-state index contributed by atoms with van der Waals surface area (Å²) in [7, 11) is 0. The second-order valence-corrected chi connectivity index (χ2v) is 4.55. The second-order valence-electron chi connectivity index (χ2n) is 4.55. The van der Waals surface area contributed by atoms with Crippen LogP contribution in [0.1, 0.15) is 31.2 Å². The van der Waals surface area contributed by atoms with Crippen molar-refractivity contribution in [1.29, 1.82) is 0 Å². The van der Waals surface area contributed by atoms with Gasteiger partial charge in [-0.05, 0) is 18.9 Å². The van der Waals surface area contributed by atoms with E-state index in [1.165, 1.54) is 6.26 Å². The van der Waals surface area contributed by atoms with Crippen LogP contribution >= 0.6 is 0 Å². The van der Waals surface area contributed by atoms with E-state index in [0.717, 1.165) is 12.0 Å². The third-order valence-electron chi connectivity index (χ3n) is 3.33. The van der Waals surface area contributed by atoms with E-state index >= 15 is 0 Å². The molecule has 0 saturated heterocycles. The van der Waals surface area contributed by atoms with Crippen LogP contribution in [0.2, 0.25) is 0 Å². The van der Waals surface area contributed by atoms with E-state index in [1.807, 2.05) is 0 Å². The minimum Gasteiger partial charge on any atom is -0.472 e. The molecule has 2 nitrogen and oxygen atoms in total. The topological polar surface area (TPSA) is 25.2 Å². The molecule has 0 spiro atoms. The van der Waals surface area contributed by atoms with E-state index in [9.17, 15) is 13.2 Å². The van der Waals surface area contributed by atoms with Crippen molar-refractivity contribution in [2.45, 2.75) is 44.4 Å². The van der Waals surface area contributed by atoms with Crippen molar-refractivity contribution in [3.8, 4) is 0 Å². The quantitative estimate of drug-likeness (QED) is 0.884. The lowest BCUT2D eigenvalue weighted by Gasteiger charge is -2.33. The molecular weight excluding hydrogens is 231 g/mol. The fraction of sp³-hybridized carbons (Fsp3) is 0.667. The maximum atomic E-state index is 12.8. The number of nitrogens with one attached hydrogen (secondary N) is 1. The number of furan rings is 1. The Balaban J connectivity index is 1.92. The van der Waals surface area contributed by atoms with E-state index in [4.69, 9.17) is 4.42 Å². The summed E-state index contributed by atoms with van der Waals surface area (Å²) < 4.78 is 43.3. The summed E-state index contributed by atoms with van der Waals surface area (Å²) in [5.74, 6) is -1.21. The zero-order chi connectivity index (χ0) is 12.3. The molecule has 2 atom stereocenters. The molecule has 0 aromatic carbocycles. The van der Waals surface area contributed by atoms with Crippen LogP contribution in [0.25, 0.3) is 0 Å². The summed E-state index contributed by atoms with van der Waals surface area (Å²) in [5.41, 5.74) is 0.886. The van der Waals surface area contributed by atoms with Gasteiger partial charge in [0, 0.05) is 18.2 Å². The fourth-order valence-corrected chi connectivity index (χ4v) is 2.41. The number of halogens is 3. The molecule has 1 saturated carbocycles. The Morgan fingerprint density at radius 3 is 2.71 bits per heavy atom. The van der Waals surface area contributed by atoms with Crippen LogP contribution in [0.3, 0.4) is 0 Å². The van der Waals surface area contributed by atoms with E-state index in [0.29, 0.717) is 19.4 Å². The molecule has 2 rings (SSSR count). The molecule has 1 aromatic heterocycles. The van der Waals surface area contributed by atoms with Crippen molar-refractivity contribution in [2.24, 2.45) is 5.92 Å². The van der Waals surface area contributed by atoms with Crippen LogP contribution in [0.4, 0.5) is 13.2 Å². The van der Waals surface area contributed by atoms with Gasteiger partial charge in [0.2, 0.25) is 0 Å². The predicted molar refractivity (Wildman–Crippen MR) is 57.3 cm³/mol. The normalized spacial score (nSPS) is 26.1. The Morgan fingerprint density at radius 1 is 1.29 bits per heavy atom. The molecule has 96 valence electrons. The van der Waals surface area contributed by atoms with Crippen molar-refractivity contribution in [3.63, 3.8) is 0 Å². The maximum absolute atomic E-state index is 12.8. The molecule has 0 bridgehead atoms. The van der Waals surface area contributed by atoms with E-state index in [1.54, 1.807) is 12.3 Å². The Labute approximate surface area is 98.2 Å². The van der Waals surface area contributed by atoms with Gasteiger partial charge in [0.15, 0.2) is 0 Å². The molecule has 5 heteroatoms. The number of rotatable bonds is 3. The van der Waals surface area contributed by atoms with Gasteiger partial charge in [0.25, 0.3) is 0 Å². The van der Waals surface area contributed by atoms with Crippen LogP contribution in [0.5, 0.6) is 0 Å². The highest BCUT2D eigenvalue weighted by molar-refractivity contribution is 5.05. The first kappa shape index (κ1) is 12.5. The molecule has 0 radical (unpaired) electrons. The smallest absolute Gasteiger partial charge is 0.393 e. The molecule has 1 N–H and O–H groups in total. The Kier molecular flexibility index (Phi) is 3.76. The number of hydrogen-bond donors (Lipinski definition) is 1. The first-order valence-corrected chi connectivity index (χ1v) is 5.88. The predicted octanol–water partition coefficient (Wildman–Crippen LogP) is 3.49. The summed E-state index contributed by atoms with van der Waals surface area (Å²) in [6.45, 7) is 0.438.